The highest BCUT2D eigenvalue weighted by Crippen LogP contribution is 2.25. The van der Waals surface area contributed by atoms with Gasteiger partial charge in [0.05, 0.1) is 25.2 Å². The van der Waals surface area contributed by atoms with Gasteiger partial charge < -0.3 is 34.7 Å². The maximum Gasteiger partial charge on any atom is 0.259 e. The smallest absolute Gasteiger partial charge is 0.259 e. The van der Waals surface area contributed by atoms with Gasteiger partial charge in [-0.05, 0) is 24.3 Å². The van der Waals surface area contributed by atoms with E-state index in [9.17, 15) is 4.79 Å². The maximum absolute atomic E-state index is 15.0. The van der Waals surface area contributed by atoms with Crippen LogP contribution in [0.25, 0.3) is 17.4 Å². The van der Waals surface area contributed by atoms with Crippen molar-refractivity contribution < 1.29 is 23.1 Å². The van der Waals surface area contributed by atoms with Crippen LogP contribution in [0.5, 0.6) is 5.75 Å². The highest BCUT2D eigenvalue weighted by molar-refractivity contribution is 5.77. The Morgan fingerprint density at radius 2 is 1.87 bits per heavy atom. The van der Waals surface area contributed by atoms with Crippen LogP contribution in [-0.2, 0) is 9.53 Å². The summed E-state index contributed by atoms with van der Waals surface area (Å²) in [5.41, 5.74) is 6.66. The summed E-state index contributed by atoms with van der Waals surface area (Å²) in [4.78, 5) is 34.0. The Labute approximate surface area is 259 Å². The van der Waals surface area contributed by atoms with E-state index in [-0.39, 0.29) is 24.3 Å². The quantitative estimate of drug-likeness (QED) is 0.226. The molecule has 2 aliphatic rings. The fraction of sp³-hybridized carbons (Fsp3) is 0.483. The molecule has 5 heterocycles. The van der Waals surface area contributed by atoms with E-state index < -0.39 is 0 Å². The SMILES string of the molecule is CN(CCN1CCN(c2ccc(OCC(=O)NCCN3CCOCC3)cc2F)CC1)c1nc(N)n2nc(-c3ccco3)nc2n1. The van der Waals surface area contributed by atoms with Crippen molar-refractivity contribution in [1.29, 1.82) is 0 Å². The van der Waals surface area contributed by atoms with Crippen molar-refractivity contribution in [3.8, 4) is 17.3 Å². The summed E-state index contributed by atoms with van der Waals surface area (Å²) in [5.74, 6) is 1.60. The molecule has 0 spiro atoms. The molecule has 0 bridgehead atoms. The van der Waals surface area contributed by atoms with Gasteiger partial charge in [0.1, 0.15) is 11.6 Å². The average Bonchev–Trinajstić information content (AvgIpc) is 3.75. The van der Waals surface area contributed by atoms with Crippen LogP contribution >= 0.6 is 0 Å². The van der Waals surface area contributed by atoms with Gasteiger partial charge in [0.15, 0.2) is 12.4 Å². The van der Waals surface area contributed by atoms with E-state index in [2.05, 4.69) is 35.2 Å². The van der Waals surface area contributed by atoms with Gasteiger partial charge in [-0.1, -0.05) is 0 Å². The van der Waals surface area contributed by atoms with Gasteiger partial charge in [-0.25, -0.2) is 4.39 Å². The number of hydrogen-bond acceptors (Lipinski definition) is 13. The van der Waals surface area contributed by atoms with E-state index in [1.54, 1.807) is 30.5 Å². The van der Waals surface area contributed by atoms with Crippen LogP contribution in [0, 0.1) is 5.82 Å². The first-order valence-corrected chi connectivity index (χ1v) is 15.0. The van der Waals surface area contributed by atoms with E-state index >= 15 is 4.39 Å². The van der Waals surface area contributed by atoms with E-state index in [1.807, 2.05) is 16.8 Å². The van der Waals surface area contributed by atoms with Gasteiger partial charge >= 0.3 is 0 Å². The number of carbonyl (C=O) groups is 1. The number of carbonyl (C=O) groups excluding carboxylic acids is 1. The number of nitrogens with one attached hydrogen (secondary N) is 1. The van der Waals surface area contributed by atoms with Crippen LogP contribution in [0.4, 0.5) is 22.0 Å². The molecule has 0 atom stereocenters. The first kappa shape index (κ1) is 30.5. The van der Waals surface area contributed by atoms with E-state index in [1.165, 1.54) is 10.6 Å². The molecule has 3 aromatic heterocycles. The Bertz CT molecular complexity index is 1570. The van der Waals surface area contributed by atoms with Crippen LogP contribution < -0.4 is 25.6 Å². The fourth-order valence-corrected chi connectivity index (χ4v) is 5.29. The third-order valence-corrected chi connectivity index (χ3v) is 7.91. The predicted molar refractivity (Wildman–Crippen MR) is 165 cm³/mol. The summed E-state index contributed by atoms with van der Waals surface area (Å²) >= 11 is 0. The molecule has 16 heteroatoms. The van der Waals surface area contributed by atoms with Gasteiger partial charge in [0, 0.05) is 78.6 Å². The number of anilines is 3. The number of nitrogens with two attached hydrogens (primary N) is 1. The second-order valence-corrected chi connectivity index (χ2v) is 11.0. The molecule has 2 aliphatic heterocycles. The summed E-state index contributed by atoms with van der Waals surface area (Å²) in [6.07, 6.45) is 1.55. The van der Waals surface area contributed by atoms with Crippen molar-refractivity contribution in [3.05, 3.63) is 42.4 Å². The minimum absolute atomic E-state index is 0.161. The zero-order valence-electron chi connectivity index (χ0n) is 25.3. The van der Waals surface area contributed by atoms with Crippen molar-refractivity contribution in [2.45, 2.75) is 0 Å². The standard InChI is InChI=1S/C29H38FN11O4/c1-37(28-34-27(31)41-29(35-28)33-26(36-41)24-3-2-16-44-24)8-9-39-10-12-40(13-11-39)23-5-4-21(19-22(23)30)45-20-25(42)32-6-7-38-14-17-43-18-15-38/h2-5,16,19H,6-15,17-18,20H2,1H3,(H,32,42)(H2,31,33,34,35,36). The summed E-state index contributed by atoms with van der Waals surface area (Å²) in [5, 5.41) is 7.18. The lowest BCUT2D eigenvalue weighted by Crippen LogP contribution is -2.48. The van der Waals surface area contributed by atoms with Gasteiger partial charge in [-0.15, -0.1) is 5.10 Å². The Hall–Kier alpha value is -4.54. The average molecular weight is 624 g/mol. The summed E-state index contributed by atoms with van der Waals surface area (Å²) in [6, 6.07) is 8.28. The van der Waals surface area contributed by atoms with Crippen molar-refractivity contribution in [1.82, 2.24) is 39.7 Å². The van der Waals surface area contributed by atoms with Gasteiger partial charge in [0.2, 0.25) is 17.7 Å². The molecule has 2 fully saturated rings. The first-order valence-electron chi connectivity index (χ1n) is 15.0. The molecule has 3 N–H and O–H groups in total. The number of rotatable bonds is 12. The minimum atomic E-state index is -0.373. The Morgan fingerprint density at radius 3 is 2.62 bits per heavy atom. The molecule has 0 radical (unpaired) electrons. The fourth-order valence-electron chi connectivity index (χ4n) is 5.29. The largest absolute Gasteiger partial charge is 0.484 e. The second-order valence-electron chi connectivity index (χ2n) is 11.0. The normalized spacial score (nSPS) is 16.3. The zero-order chi connectivity index (χ0) is 31.2. The molecular weight excluding hydrogens is 585 g/mol. The predicted octanol–water partition coefficient (Wildman–Crippen LogP) is 0.586. The van der Waals surface area contributed by atoms with Crippen molar-refractivity contribution >= 4 is 29.3 Å². The van der Waals surface area contributed by atoms with Gasteiger partial charge in [0.25, 0.3) is 11.7 Å². The topological polar surface area (TPSA) is 156 Å². The highest BCUT2D eigenvalue weighted by Gasteiger charge is 2.21. The first-order chi connectivity index (χ1) is 21.9. The van der Waals surface area contributed by atoms with E-state index in [4.69, 9.17) is 19.6 Å². The molecule has 15 nitrogen and oxygen atoms in total. The minimum Gasteiger partial charge on any atom is -0.484 e. The molecular formula is C29H38FN11O4. The Balaban J connectivity index is 0.937. The molecule has 2 saturated heterocycles. The number of piperazine rings is 1. The lowest BCUT2D eigenvalue weighted by Gasteiger charge is -2.36. The highest BCUT2D eigenvalue weighted by atomic mass is 19.1. The molecule has 45 heavy (non-hydrogen) atoms. The lowest BCUT2D eigenvalue weighted by atomic mass is 10.2. The van der Waals surface area contributed by atoms with Crippen LogP contribution in [-0.4, -0.2) is 133 Å². The third-order valence-electron chi connectivity index (χ3n) is 7.91. The van der Waals surface area contributed by atoms with E-state index in [0.29, 0.717) is 60.9 Å². The Kier molecular flexibility index (Phi) is 9.52. The molecule has 0 aliphatic carbocycles. The molecule has 6 rings (SSSR count). The number of ether oxygens (including phenoxy) is 2. The number of morpholine rings is 1. The van der Waals surface area contributed by atoms with Crippen molar-refractivity contribution in [2.75, 3.05) is 108 Å². The summed E-state index contributed by atoms with van der Waals surface area (Å²) in [7, 11) is 1.90. The lowest BCUT2D eigenvalue weighted by molar-refractivity contribution is -0.123. The van der Waals surface area contributed by atoms with Crippen molar-refractivity contribution in [3.63, 3.8) is 0 Å². The molecule has 0 unspecified atom stereocenters. The molecule has 0 saturated carbocycles. The number of aromatic nitrogens is 5. The maximum atomic E-state index is 15.0. The number of hydrogen-bond donors (Lipinski definition) is 2. The zero-order valence-corrected chi connectivity index (χ0v) is 25.3. The number of halogens is 1. The van der Waals surface area contributed by atoms with Gasteiger partial charge in [-0.3, -0.25) is 14.6 Å². The third kappa shape index (κ3) is 7.58. The van der Waals surface area contributed by atoms with Gasteiger partial charge in [-0.2, -0.15) is 19.5 Å². The number of amides is 1. The molecule has 240 valence electrons. The van der Waals surface area contributed by atoms with Crippen LogP contribution in [0.1, 0.15) is 0 Å². The molecule has 1 aromatic carbocycles. The summed E-state index contributed by atoms with van der Waals surface area (Å²) < 4.78 is 32.7. The second kappa shape index (κ2) is 14.0. The van der Waals surface area contributed by atoms with Crippen molar-refractivity contribution in [2.24, 2.45) is 0 Å². The Morgan fingerprint density at radius 1 is 1.07 bits per heavy atom. The van der Waals surface area contributed by atoms with Crippen LogP contribution in [0.2, 0.25) is 0 Å². The monoisotopic (exact) mass is 623 g/mol. The van der Waals surface area contributed by atoms with Crippen LogP contribution in [0.15, 0.2) is 41.0 Å². The number of fused-ring (bicyclic) bond motifs is 1. The molecule has 4 aromatic rings. The molecule has 1 amide bonds. The summed E-state index contributed by atoms with van der Waals surface area (Å²) in [6.45, 7) is 8.65. The van der Waals surface area contributed by atoms with E-state index in [0.717, 1.165) is 52.5 Å². The number of likely N-dealkylation sites (N-methyl/N-ethyl adjacent to an activating group) is 1. The number of nitrogen functional groups attached to an aromatic ring is 1. The number of nitrogens with zero attached hydrogens (tertiary/aromatic N) is 9. The number of benzene rings is 1. The van der Waals surface area contributed by atoms with Crippen LogP contribution in [0.3, 0.4) is 0 Å². The number of furan rings is 1.